The van der Waals surface area contributed by atoms with E-state index in [1.807, 2.05) is 85.7 Å². The topological polar surface area (TPSA) is 270 Å². The number of aliphatic carboxylic acids is 1. The first kappa shape index (κ1) is 58.8. The SMILES string of the molecule is CC1(C)C(=CC=C2CCC(C=CC3=[N+](CCCCS(=O)(=O)[O-])c4ccc(S(=O)(=O)[O-])cc4C3(C)C)=C2c2cccc(CCCC(=O)O)c2)N(CCCCS(=O)(=O)[O-])c2ccc(S(=O)(=O)O)cc21.[Na+].[Na+]. The Hall–Kier alpha value is -2.80. The Morgan fingerprint density at radius 3 is 2.00 bits per heavy atom. The Morgan fingerprint density at radius 1 is 0.739 bits per heavy atom. The standard InChI is InChI=1S/C47H56N2O14S4.2Na/c1-46(2)38-30-36(66(58,59)60)19-21-40(38)48(25-5-7-27-64(52,53)54)42(46)23-17-33-15-16-34(45(33)35-13-9-11-32(29-35)12-10-14-44(50)51)18-24-43-47(3,4)39-31-37(67(61,62)63)20-22-41(39)49(43)26-6-8-28-65(55,56)57;;/h9,11,13,17-24,29-31H,5-8,10,12,14-16,25-28H2,1-4H3,(H4-,50,51,52,53,54,55,56,57,58,59,60,61,62,63);;/q;2*+1/p-2. The van der Waals surface area contributed by atoms with E-state index in [1.165, 1.54) is 24.3 Å². The second-order valence-electron chi connectivity index (χ2n) is 18.1. The van der Waals surface area contributed by atoms with Crippen LogP contribution in [0.4, 0.5) is 11.4 Å². The molecule has 0 fully saturated rings. The van der Waals surface area contributed by atoms with Gasteiger partial charge < -0.3 is 23.7 Å². The Labute approximate surface area is 450 Å². The zero-order valence-electron chi connectivity index (χ0n) is 39.6. The number of unbranched alkanes of at least 4 members (excludes halogenated alkanes) is 2. The molecule has 0 radical (unpaired) electrons. The van der Waals surface area contributed by atoms with Crippen LogP contribution in [0.1, 0.15) is 101 Å². The number of nitrogens with zero attached hydrogens (tertiary/aromatic N) is 2. The van der Waals surface area contributed by atoms with Crippen molar-refractivity contribution in [3.05, 3.63) is 124 Å². The van der Waals surface area contributed by atoms with Gasteiger partial charge in [0.05, 0.1) is 35.4 Å². The van der Waals surface area contributed by atoms with Gasteiger partial charge in [0, 0.05) is 65.4 Å². The summed E-state index contributed by atoms with van der Waals surface area (Å²) >= 11 is 0. The minimum Gasteiger partial charge on any atom is -0.748 e. The van der Waals surface area contributed by atoms with E-state index in [0.717, 1.165) is 39.3 Å². The molecule has 69 heavy (non-hydrogen) atoms. The molecule has 3 aromatic carbocycles. The second-order valence-corrected chi connectivity index (χ2v) is 23.9. The van der Waals surface area contributed by atoms with Gasteiger partial charge in [-0.2, -0.15) is 13.0 Å². The zero-order valence-corrected chi connectivity index (χ0v) is 46.9. The molecule has 0 amide bonds. The van der Waals surface area contributed by atoms with Crippen LogP contribution in [-0.2, 0) is 62.5 Å². The van der Waals surface area contributed by atoms with Gasteiger partial charge in [0.15, 0.2) is 5.71 Å². The van der Waals surface area contributed by atoms with E-state index in [2.05, 4.69) is 0 Å². The average molecular weight is 1050 g/mol. The fourth-order valence-electron chi connectivity index (χ4n) is 9.32. The van der Waals surface area contributed by atoms with Gasteiger partial charge >= 0.3 is 65.1 Å². The molecular formula is C47H54N2Na2O14S4. The van der Waals surface area contributed by atoms with Gasteiger partial charge in [-0.1, -0.05) is 50.3 Å². The van der Waals surface area contributed by atoms with Crippen LogP contribution in [0.2, 0.25) is 0 Å². The van der Waals surface area contributed by atoms with Gasteiger partial charge in [-0.15, -0.1) is 0 Å². The maximum absolute atomic E-state index is 12.2. The Balaban J connectivity index is 0.00000518. The van der Waals surface area contributed by atoms with Crippen LogP contribution in [0.5, 0.6) is 0 Å². The van der Waals surface area contributed by atoms with Crippen LogP contribution in [-0.4, -0.2) is 97.8 Å². The van der Waals surface area contributed by atoms with E-state index < -0.39 is 73.7 Å². The van der Waals surface area contributed by atoms with Crippen molar-refractivity contribution in [3.63, 3.8) is 0 Å². The molecule has 22 heteroatoms. The summed E-state index contributed by atoms with van der Waals surface area (Å²) in [5, 5.41) is 9.31. The molecule has 2 heterocycles. The smallest absolute Gasteiger partial charge is 0.748 e. The van der Waals surface area contributed by atoms with Gasteiger partial charge in [0.25, 0.3) is 10.1 Å². The quantitative estimate of drug-likeness (QED) is 0.0683. The van der Waals surface area contributed by atoms with Gasteiger partial charge in [-0.3, -0.25) is 9.35 Å². The predicted molar refractivity (Wildman–Crippen MR) is 250 cm³/mol. The molecule has 362 valence electrons. The average Bonchev–Trinajstić information content (AvgIpc) is 3.79. The largest absolute Gasteiger partial charge is 1.00 e. The summed E-state index contributed by atoms with van der Waals surface area (Å²) in [5.74, 6) is -2.00. The van der Waals surface area contributed by atoms with Crippen molar-refractivity contribution >= 4 is 69.1 Å². The van der Waals surface area contributed by atoms with Gasteiger partial charge in [-0.05, 0) is 129 Å². The normalized spacial score (nSPS) is 17.9. The monoisotopic (exact) mass is 1040 g/mol. The molecule has 0 atom stereocenters. The number of fused-ring (bicyclic) bond motifs is 2. The maximum Gasteiger partial charge on any atom is 1.00 e. The van der Waals surface area contributed by atoms with E-state index in [1.54, 1.807) is 12.1 Å². The minimum atomic E-state index is -4.80. The molecule has 0 aromatic heterocycles. The molecule has 0 spiro atoms. The van der Waals surface area contributed by atoms with Gasteiger partial charge in [-0.25, -0.2) is 25.3 Å². The number of hydrogen-bond donors (Lipinski definition) is 2. The molecule has 3 aliphatic rings. The molecule has 6 rings (SSSR count). The van der Waals surface area contributed by atoms with Crippen LogP contribution < -0.4 is 64.0 Å². The van der Waals surface area contributed by atoms with Gasteiger partial charge in [0.2, 0.25) is 5.69 Å². The molecule has 2 aliphatic heterocycles. The third kappa shape index (κ3) is 14.5. The molecule has 0 saturated heterocycles. The number of benzene rings is 3. The predicted octanol–water partition coefficient (Wildman–Crippen LogP) is 0.692. The number of carboxylic acid groups (broad SMARTS) is 1. The molecule has 1 aliphatic carbocycles. The fraction of sp³-hybridized carbons (Fsp3) is 0.404. The molecule has 0 saturated carbocycles. The van der Waals surface area contributed by atoms with Crippen LogP contribution in [0.25, 0.3) is 5.57 Å². The molecule has 3 aromatic rings. The second kappa shape index (κ2) is 23.0. The number of anilines is 1. The first-order valence-corrected chi connectivity index (χ1v) is 27.7. The Morgan fingerprint density at radius 2 is 1.38 bits per heavy atom. The van der Waals surface area contributed by atoms with Gasteiger partial charge in [0.1, 0.15) is 16.7 Å². The molecule has 0 bridgehead atoms. The van der Waals surface area contributed by atoms with Crippen LogP contribution >= 0.6 is 0 Å². The minimum absolute atomic E-state index is 0. The number of hydrogen-bond acceptors (Lipinski definition) is 13. The third-order valence-electron chi connectivity index (χ3n) is 12.6. The summed E-state index contributed by atoms with van der Waals surface area (Å²) in [4.78, 5) is 12.6. The van der Waals surface area contributed by atoms with Crippen molar-refractivity contribution in [1.82, 2.24) is 0 Å². The van der Waals surface area contributed by atoms with Crippen molar-refractivity contribution < 1.29 is 125 Å². The number of allylic oxidation sites excluding steroid dienone is 8. The zero-order chi connectivity index (χ0) is 49.3. The number of aryl methyl sites for hydroxylation is 1. The maximum atomic E-state index is 12.2. The number of rotatable bonds is 20. The summed E-state index contributed by atoms with van der Waals surface area (Å²) in [6.07, 6.45) is 10.7. The summed E-state index contributed by atoms with van der Waals surface area (Å²) < 4.78 is 141. The van der Waals surface area contributed by atoms with Crippen molar-refractivity contribution in [2.75, 3.05) is 29.5 Å². The first-order chi connectivity index (χ1) is 31.1. The molecule has 16 nitrogen and oxygen atoms in total. The van der Waals surface area contributed by atoms with E-state index in [9.17, 15) is 61.8 Å². The summed E-state index contributed by atoms with van der Waals surface area (Å²) in [6.45, 7) is 8.18. The Kier molecular flexibility index (Phi) is 19.6. The Bertz CT molecular complexity index is 3100. The van der Waals surface area contributed by atoms with E-state index in [-0.39, 0.29) is 89.8 Å². The molecular weight excluding hydrogens is 991 g/mol. The summed E-state index contributed by atoms with van der Waals surface area (Å²) in [6, 6.07) is 16.3. The van der Waals surface area contributed by atoms with Crippen LogP contribution in [0.3, 0.4) is 0 Å². The summed E-state index contributed by atoms with van der Waals surface area (Å²) in [5.41, 5.74) is 6.82. The van der Waals surface area contributed by atoms with Crippen molar-refractivity contribution in [3.8, 4) is 0 Å². The van der Waals surface area contributed by atoms with Crippen molar-refractivity contribution in [1.29, 1.82) is 0 Å². The fourth-order valence-corrected chi connectivity index (χ4v) is 11.4. The van der Waals surface area contributed by atoms with E-state index >= 15 is 0 Å². The van der Waals surface area contributed by atoms with Crippen molar-refractivity contribution in [2.24, 2.45) is 0 Å². The summed E-state index contributed by atoms with van der Waals surface area (Å²) in [7, 11) is -18.3. The first-order valence-electron chi connectivity index (χ1n) is 21.7. The number of carbonyl (C=O) groups is 1. The molecule has 2 N–H and O–H groups in total. The van der Waals surface area contributed by atoms with Crippen LogP contribution in [0, 0.1) is 0 Å². The van der Waals surface area contributed by atoms with E-state index in [4.69, 9.17) is 0 Å². The number of carboxylic acids is 1. The van der Waals surface area contributed by atoms with Crippen LogP contribution in [0.15, 0.2) is 112 Å². The van der Waals surface area contributed by atoms with Crippen molar-refractivity contribution in [2.45, 2.75) is 106 Å². The molecule has 0 unspecified atom stereocenters. The third-order valence-corrected chi connectivity index (χ3v) is 15.9. The van der Waals surface area contributed by atoms with E-state index in [0.29, 0.717) is 67.6 Å².